The van der Waals surface area contributed by atoms with Crippen molar-refractivity contribution in [1.29, 1.82) is 0 Å². The summed E-state index contributed by atoms with van der Waals surface area (Å²) in [6.07, 6.45) is 0.422. The standard InChI is InChI=1S/C27H33FN2O6S/c1-4-35-17-5-16-30(37(32,33)26-14-12-24(34-3)13-15-26)20-27(31)29(19-25-11-6-21(2)36-25)18-22-7-9-23(28)10-8-22/h6-15H,4-5,16-20H2,1-3H3. The number of nitrogens with zero attached hydrogens (tertiary/aromatic N) is 2. The lowest BCUT2D eigenvalue weighted by Crippen LogP contribution is -2.43. The molecule has 0 fully saturated rings. The largest absolute Gasteiger partial charge is 0.497 e. The Labute approximate surface area is 217 Å². The van der Waals surface area contributed by atoms with E-state index < -0.39 is 15.9 Å². The average molecular weight is 533 g/mol. The zero-order valence-corrected chi connectivity index (χ0v) is 22.2. The molecule has 10 heteroatoms. The molecule has 0 unspecified atom stereocenters. The van der Waals surface area contributed by atoms with Gasteiger partial charge in [-0.15, -0.1) is 0 Å². The van der Waals surface area contributed by atoms with Crippen LogP contribution in [-0.2, 0) is 32.6 Å². The fraction of sp³-hybridized carbons (Fsp3) is 0.370. The van der Waals surface area contributed by atoms with E-state index in [1.165, 1.54) is 40.6 Å². The Bertz CT molecular complexity index is 1240. The van der Waals surface area contributed by atoms with E-state index in [1.54, 1.807) is 43.3 Å². The maximum atomic E-state index is 13.6. The molecule has 3 rings (SSSR count). The zero-order valence-electron chi connectivity index (χ0n) is 21.4. The van der Waals surface area contributed by atoms with Gasteiger partial charge in [-0.05, 0) is 74.4 Å². The highest BCUT2D eigenvalue weighted by molar-refractivity contribution is 7.89. The van der Waals surface area contributed by atoms with Crippen molar-refractivity contribution in [1.82, 2.24) is 9.21 Å². The number of aryl methyl sites for hydroxylation is 1. The summed E-state index contributed by atoms with van der Waals surface area (Å²) in [4.78, 5) is 15.1. The van der Waals surface area contributed by atoms with Gasteiger partial charge in [-0.3, -0.25) is 4.79 Å². The van der Waals surface area contributed by atoms with Crippen molar-refractivity contribution in [3.63, 3.8) is 0 Å². The number of carbonyl (C=O) groups excluding carboxylic acids is 1. The first-order valence-corrected chi connectivity index (χ1v) is 13.5. The van der Waals surface area contributed by atoms with Crippen LogP contribution in [0, 0.1) is 12.7 Å². The number of amides is 1. The van der Waals surface area contributed by atoms with Gasteiger partial charge in [-0.25, -0.2) is 12.8 Å². The Kier molecular flexibility index (Phi) is 10.2. The lowest BCUT2D eigenvalue weighted by atomic mass is 10.2. The van der Waals surface area contributed by atoms with Crippen LogP contribution in [-0.4, -0.2) is 56.9 Å². The second-order valence-corrected chi connectivity index (χ2v) is 10.4. The first kappa shape index (κ1) is 28.4. The monoisotopic (exact) mass is 532 g/mol. The normalized spacial score (nSPS) is 11.6. The predicted molar refractivity (Wildman–Crippen MR) is 137 cm³/mol. The molecule has 1 amide bonds. The highest BCUT2D eigenvalue weighted by atomic mass is 32.2. The van der Waals surface area contributed by atoms with Crippen molar-refractivity contribution in [3.8, 4) is 5.75 Å². The van der Waals surface area contributed by atoms with E-state index in [9.17, 15) is 17.6 Å². The van der Waals surface area contributed by atoms with E-state index in [1.807, 2.05) is 6.92 Å². The molecule has 0 atom stereocenters. The molecule has 8 nitrogen and oxygen atoms in total. The SMILES string of the molecule is CCOCCCN(CC(=O)N(Cc1ccc(F)cc1)Cc1ccc(C)o1)S(=O)(=O)c1ccc(OC)cc1. The Hall–Kier alpha value is -3.21. The third-order valence-electron chi connectivity index (χ3n) is 5.69. The number of rotatable bonds is 14. The van der Waals surface area contributed by atoms with Gasteiger partial charge >= 0.3 is 0 Å². The molecule has 3 aromatic rings. The quantitative estimate of drug-likeness (QED) is 0.286. The second-order valence-electron chi connectivity index (χ2n) is 8.45. The number of hydrogen-bond acceptors (Lipinski definition) is 6. The fourth-order valence-corrected chi connectivity index (χ4v) is 5.15. The van der Waals surface area contributed by atoms with Gasteiger partial charge in [-0.1, -0.05) is 12.1 Å². The molecule has 0 radical (unpaired) electrons. The molecule has 0 saturated heterocycles. The number of hydrogen-bond donors (Lipinski definition) is 0. The van der Waals surface area contributed by atoms with Crippen LogP contribution in [0.5, 0.6) is 5.75 Å². The smallest absolute Gasteiger partial charge is 0.243 e. The highest BCUT2D eigenvalue weighted by Crippen LogP contribution is 2.21. The topological polar surface area (TPSA) is 89.3 Å². The Morgan fingerprint density at radius 1 is 1.00 bits per heavy atom. The van der Waals surface area contributed by atoms with E-state index in [4.69, 9.17) is 13.9 Å². The lowest BCUT2D eigenvalue weighted by molar-refractivity contribution is -0.133. The van der Waals surface area contributed by atoms with Gasteiger partial charge in [0, 0.05) is 26.3 Å². The number of halogens is 1. The molecule has 0 bridgehead atoms. The third kappa shape index (κ3) is 8.14. The maximum Gasteiger partial charge on any atom is 0.243 e. The fourth-order valence-electron chi connectivity index (χ4n) is 3.72. The molecule has 37 heavy (non-hydrogen) atoms. The number of furan rings is 1. The van der Waals surface area contributed by atoms with Gasteiger partial charge in [0.25, 0.3) is 0 Å². The number of carbonyl (C=O) groups is 1. The maximum absolute atomic E-state index is 13.6. The van der Waals surface area contributed by atoms with Crippen molar-refractivity contribution < 1.29 is 31.5 Å². The van der Waals surface area contributed by atoms with Gasteiger partial charge in [0.15, 0.2) is 0 Å². The molecule has 0 saturated carbocycles. The Balaban J connectivity index is 1.86. The molecule has 2 aromatic carbocycles. The number of benzene rings is 2. The van der Waals surface area contributed by atoms with Crippen molar-refractivity contribution in [2.24, 2.45) is 0 Å². The molecule has 0 spiro atoms. The number of methoxy groups -OCH3 is 1. The molecule has 0 N–H and O–H groups in total. The van der Waals surface area contributed by atoms with Crippen LogP contribution in [0.25, 0.3) is 0 Å². The van der Waals surface area contributed by atoms with Crippen LogP contribution >= 0.6 is 0 Å². The minimum Gasteiger partial charge on any atom is -0.497 e. The average Bonchev–Trinajstić information content (AvgIpc) is 3.31. The molecular formula is C27H33FN2O6S. The summed E-state index contributed by atoms with van der Waals surface area (Å²) in [7, 11) is -2.49. The molecule has 1 aromatic heterocycles. The molecule has 0 aliphatic heterocycles. The Morgan fingerprint density at radius 3 is 2.30 bits per heavy atom. The summed E-state index contributed by atoms with van der Waals surface area (Å²) < 4.78 is 57.8. The van der Waals surface area contributed by atoms with E-state index in [2.05, 4.69) is 0 Å². The minimum atomic E-state index is -3.99. The molecule has 0 aliphatic carbocycles. The second kappa shape index (κ2) is 13.4. The first-order valence-electron chi connectivity index (χ1n) is 12.0. The Morgan fingerprint density at radius 2 is 1.70 bits per heavy atom. The van der Waals surface area contributed by atoms with E-state index >= 15 is 0 Å². The minimum absolute atomic E-state index is 0.0595. The van der Waals surface area contributed by atoms with Gasteiger partial charge in [0.2, 0.25) is 15.9 Å². The van der Waals surface area contributed by atoms with Gasteiger partial charge in [0.05, 0.1) is 25.1 Å². The van der Waals surface area contributed by atoms with Gasteiger partial charge < -0.3 is 18.8 Å². The summed E-state index contributed by atoms with van der Waals surface area (Å²) in [5.74, 6) is 0.996. The summed E-state index contributed by atoms with van der Waals surface area (Å²) in [5, 5.41) is 0. The van der Waals surface area contributed by atoms with E-state index in [-0.39, 0.29) is 36.9 Å². The van der Waals surface area contributed by atoms with Crippen molar-refractivity contribution in [2.45, 2.75) is 38.3 Å². The third-order valence-corrected chi connectivity index (χ3v) is 7.55. The van der Waals surface area contributed by atoms with Crippen LogP contribution in [0.15, 0.2) is 70.0 Å². The first-order chi connectivity index (χ1) is 17.7. The van der Waals surface area contributed by atoms with Crippen molar-refractivity contribution >= 4 is 15.9 Å². The van der Waals surface area contributed by atoms with Gasteiger partial charge in [-0.2, -0.15) is 4.31 Å². The number of sulfonamides is 1. The van der Waals surface area contributed by atoms with Crippen LogP contribution in [0.1, 0.15) is 30.4 Å². The van der Waals surface area contributed by atoms with Crippen molar-refractivity contribution in [2.75, 3.05) is 33.4 Å². The van der Waals surface area contributed by atoms with Crippen molar-refractivity contribution in [3.05, 3.63) is 83.6 Å². The summed E-state index contributed by atoms with van der Waals surface area (Å²) >= 11 is 0. The lowest BCUT2D eigenvalue weighted by Gasteiger charge is -2.27. The summed E-state index contributed by atoms with van der Waals surface area (Å²) in [6, 6.07) is 15.4. The zero-order chi connectivity index (χ0) is 26.8. The van der Waals surface area contributed by atoms with Gasteiger partial charge in [0.1, 0.15) is 23.1 Å². The van der Waals surface area contributed by atoms with Crippen LogP contribution in [0.4, 0.5) is 4.39 Å². The molecule has 0 aliphatic rings. The summed E-state index contributed by atoms with van der Waals surface area (Å²) in [5.41, 5.74) is 0.707. The number of ether oxygens (including phenoxy) is 2. The highest BCUT2D eigenvalue weighted by Gasteiger charge is 2.29. The molecule has 200 valence electrons. The predicted octanol–water partition coefficient (Wildman–Crippen LogP) is 4.38. The van der Waals surface area contributed by atoms with Crippen LogP contribution in [0.2, 0.25) is 0 Å². The van der Waals surface area contributed by atoms with Crippen LogP contribution < -0.4 is 4.74 Å². The van der Waals surface area contributed by atoms with E-state index in [0.717, 1.165) is 0 Å². The summed E-state index contributed by atoms with van der Waals surface area (Å²) in [6.45, 7) is 4.57. The van der Waals surface area contributed by atoms with E-state index in [0.29, 0.717) is 42.5 Å². The molecular weight excluding hydrogens is 499 g/mol. The molecule has 1 heterocycles. The van der Waals surface area contributed by atoms with Crippen LogP contribution in [0.3, 0.4) is 0 Å².